The van der Waals surface area contributed by atoms with Gasteiger partial charge in [0.05, 0.1) is 24.6 Å². The monoisotopic (exact) mass is 227 g/mol. The maximum atomic E-state index is 8.93. The molecule has 0 spiro atoms. The number of rotatable bonds is 7. The van der Waals surface area contributed by atoms with E-state index in [1.807, 2.05) is 22.6 Å². The molecule has 92 valence electrons. The van der Waals surface area contributed by atoms with Crippen molar-refractivity contribution in [2.24, 2.45) is 0 Å². The summed E-state index contributed by atoms with van der Waals surface area (Å²) in [4.78, 5) is 2.02. The van der Waals surface area contributed by atoms with Crippen LogP contribution < -0.4 is 0 Å². The van der Waals surface area contributed by atoms with Gasteiger partial charge in [-0.1, -0.05) is 0 Å². The van der Waals surface area contributed by atoms with Gasteiger partial charge in [-0.15, -0.1) is 0 Å². The molecule has 0 unspecified atom stereocenters. The highest BCUT2D eigenvalue weighted by Crippen LogP contribution is 2.07. The molecular formula is C11H21N3O2. The van der Waals surface area contributed by atoms with E-state index in [4.69, 9.17) is 10.2 Å². The summed E-state index contributed by atoms with van der Waals surface area (Å²) in [6.45, 7) is 6.96. The summed E-state index contributed by atoms with van der Waals surface area (Å²) in [5, 5.41) is 22.2. The molecule has 1 rings (SSSR count). The molecule has 0 fully saturated rings. The first-order chi connectivity index (χ1) is 7.71. The zero-order valence-corrected chi connectivity index (χ0v) is 10.1. The van der Waals surface area contributed by atoms with Crippen LogP contribution in [0.15, 0.2) is 6.07 Å². The van der Waals surface area contributed by atoms with E-state index in [-0.39, 0.29) is 13.2 Å². The number of aryl methyl sites for hydroxylation is 2. The third kappa shape index (κ3) is 3.59. The van der Waals surface area contributed by atoms with E-state index >= 15 is 0 Å². The number of hydrogen-bond donors (Lipinski definition) is 2. The van der Waals surface area contributed by atoms with Crippen LogP contribution in [-0.4, -0.2) is 51.2 Å². The molecule has 5 heteroatoms. The average molecular weight is 227 g/mol. The first-order valence-corrected chi connectivity index (χ1v) is 5.68. The second-order valence-corrected chi connectivity index (χ2v) is 3.82. The van der Waals surface area contributed by atoms with Crippen molar-refractivity contribution in [2.75, 3.05) is 26.3 Å². The van der Waals surface area contributed by atoms with Crippen molar-refractivity contribution < 1.29 is 10.2 Å². The molecule has 16 heavy (non-hydrogen) atoms. The van der Waals surface area contributed by atoms with Crippen LogP contribution in [0.1, 0.15) is 18.3 Å². The van der Waals surface area contributed by atoms with Crippen LogP contribution in [0.2, 0.25) is 0 Å². The van der Waals surface area contributed by atoms with E-state index in [1.54, 1.807) is 0 Å². The van der Waals surface area contributed by atoms with Gasteiger partial charge in [0, 0.05) is 26.2 Å². The number of nitrogens with zero attached hydrogens (tertiary/aromatic N) is 3. The Morgan fingerprint density at radius 3 is 2.44 bits per heavy atom. The Bertz CT molecular complexity index is 306. The normalized spacial score (nSPS) is 11.3. The lowest BCUT2D eigenvalue weighted by atomic mass is 10.3. The summed E-state index contributed by atoms with van der Waals surface area (Å²) in [5.74, 6) is 0. The molecule has 0 saturated carbocycles. The number of aromatic nitrogens is 2. The quantitative estimate of drug-likeness (QED) is 0.688. The maximum absolute atomic E-state index is 8.93. The maximum Gasteiger partial charge on any atom is 0.0597 e. The molecule has 0 aromatic carbocycles. The number of aliphatic hydroxyl groups is 2. The van der Waals surface area contributed by atoms with Gasteiger partial charge in [-0.05, 0) is 19.9 Å². The minimum absolute atomic E-state index is 0.110. The molecule has 0 saturated heterocycles. The Hall–Kier alpha value is -0.910. The van der Waals surface area contributed by atoms with Gasteiger partial charge in [-0.25, -0.2) is 0 Å². The molecule has 0 aliphatic carbocycles. The van der Waals surface area contributed by atoms with Crippen LogP contribution in [0.3, 0.4) is 0 Å². The lowest BCUT2D eigenvalue weighted by Gasteiger charge is -2.20. The SMILES string of the molecule is CCn1nc(C)cc1CN(CCO)CCO. The van der Waals surface area contributed by atoms with Gasteiger partial charge in [-0.3, -0.25) is 9.58 Å². The number of aliphatic hydroxyl groups excluding tert-OH is 2. The molecule has 2 N–H and O–H groups in total. The smallest absolute Gasteiger partial charge is 0.0597 e. The van der Waals surface area contributed by atoms with Crippen LogP contribution >= 0.6 is 0 Å². The lowest BCUT2D eigenvalue weighted by Crippen LogP contribution is -2.30. The zero-order chi connectivity index (χ0) is 12.0. The Labute approximate surface area is 96.3 Å². The van der Waals surface area contributed by atoms with E-state index in [0.717, 1.165) is 24.5 Å². The van der Waals surface area contributed by atoms with E-state index in [0.29, 0.717) is 13.1 Å². The second-order valence-electron chi connectivity index (χ2n) is 3.82. The molecule has 1 heterocycles. The Balaban J connectivity index is 2.67. The van der Waals surface area contributed by atoms with Gasteiger partial charge < -0.3 is 10.2 Å². The van der Waals surface area contributed by atoms with Crippen LogP contribution in [-0.2, 0) is 13.1 Å². The standard InChI is InChI=1S/C11H21N3O2/c1-3-14-11(8-10(2)12-14)9-13(4-6-15)5-7-16/h8,15-16H,3-7,9H2,1-2H3. The third-order valence-corrected chi connectivity index (χ3v) is 2.50. The summed E-state index contributed by atoms with van der Waals surface area (Å²) in [6, 6.07) is 2.05. The van der Waals surface area contributed by atoms with Crippen molar-refractivity contribution in [1.29, 1.82) is 0 Å². The largest absolute Gasteiger partial charge is 0.395 e. The minimum Gasteiger partial charge on any atom is -0.395 e. The predicted molar refractivity (Wildman–Crippen MR) is 62.1 cm³/mol. The van der Waals surface area contributed by atoms with Crippen molar-refractivity contribution in [3.05, 3.63) is 17.5 Å². The summed E-state index contributed by atoms with van der Waals surface area (Å²) in [6.07, 6.45) is 0. The van der Waals surface area contributed by atoms with Gasteiger partial charge in [0.1, 0.15) is 0 Å². The van der Waals surface area contributed by atoms with E-state index < -0.39 is 0 Å². The van der Waals surface area contributed by atoms with Crippen LogP contribution in [0.25, 0.3) is 0 Å². The fraction of sp³-hybridized carbons (Fsp3) is 0.727. The first-order valence-electron chi connectivity index (χ1n) is 5.68. The molecule has 0 amide bonds. The summed E-state index contributed by atoms with van der Waals surface area (Å²) in [7, 11) is 0. The average Bonchev–Trinajstić information content (AvgIpc) is 2.59. The molecule has 1 aromatic rings. The van der Waals surface area contributed by atoms with Gasteiger partial charge in [0.15, 0.2) is 0 Å². The van der Waals surface area contributed by atoms with E-state index in [1.165, 1.54) is 0 Å². The fourth-order valence-corrected chi connectivity index (χ4v) is 1.78. The Morgan fingerprint density at radius 1 is 1.31 bits per heavy atom. The molecule has 5 nitrogen and oxygen atoms in total. The molecule has 0 radical (unpaired) electrons. The highest BCUT2D eigenvalue weighted by Gasteiger charge is 2.09. The van der Waals surface area contributed by atoms with Crippen molar-refractivity contribution in [2.45, 2.75) is 26.9 Å². The van der Waals surface area contributed by atoms with Crippen LogP contribution in [0.4, 0.5) is 0 Å². The van der Waals surface area contributed by atoms with Crippen molar-refractivity contribution in [3.63, 3.8) is 0 Å². The van der Waals surface area contributed by atoms with Gasteiger partial charge >= 0.3 is 0 Å². The molecule has 0 bridgehead atoms. The predicted octanol–water partition coefficient (Wildman–Crippen LogP) is -0.00198. The van der Waals surface area contributed by atoms with Crippen LogP contribution in [0.5, 0.6) is 0 Å². The molecular weight excluding hydrogens is 206 g/mol. The summed E-state index contributed by atoms with van der Waals surface area (Å²) in [5.41, 5.74) is 2.13. The Kier molecular flexibility index (Phi) is 5.45. The van der Waals surface area contributed by atoms with E-state index in [9.17, 15) is 0 Å². The van der Waals surface area contributed by atoms with Crippen molar-refractivity contribution in [3.8, 4) is 0 Å². The number of hydrogen-bond acceptors (Lipinski definition) is 4. The van der Waals surface area contributed by atoms with E-state index in [2.05, 4.69) is 12.0 Å². The van der Waals surface area contributed by atoms with Crippen molar-refractivity contribution in [1.82, 2.24) is 14.7 Å². The van der Waals surface area contributed by atoms with Gasteiger partial charge in [-0.2, -0.15) is 5.10 Å². The summed E-state index contributed by atoms with van der Waals surface area (Å²) >= 11 is 0. The lowest BCUT2D eigenvalue weighted by molar-refractivity contribution is 0.153. The third-order valence-electron chi connectivity index (χ3n) is 2.50. The fourth-order valence-electron chi connectivity index (χ4n) is 1.78. The first kappa shape index (κ1) is 13.2. The minimum atomic E-state index is 0.110. The highest BCUT2D eigenvalue weighted by molar-refractivity contribution is 5.08. The van der Waals surface area contributed by atoms with Crippen molar-refractivity contribution >= 4 is 0 Å². The molecule has 0 aliphatic rings. The van der Waals surface area contributed by atoms with Gasteiger partial charge in [0.2, 0.25) is 0 Å². The second kappa shape index (κ2) is 6.62. The molecule has 0 aliphatic heterocycles. The molecule has 0 atom stereocenters. The zero-order valence-electron chi connectivity index (χ0n) is 10.1. The topological polar surface area (TPSA) is 61.5 Å². The molecule has 1 aromatic heterocycles. The van der Waals surface area contributed by atoms with Gasteiger partial charge in [0.25, 0.3) is 0 Å². The van der Waals surface area contributed by atoms with Crippen LogP contribution in [0, 0.1) is 6.92 Å². The Morgan fingerprint density at radius 2 is 1.94 bits per heavy atom. The highest BCUT2D eigenvalue weighted by atomic mass is 16.3. The summed E-state index contributed by atoms with van der Waals surface area (Å²) < 4.78 is 1.96.